The minimum atomic E-state index is -0.225. The van der Waals surface area contributed by atoms with E-state index in [-0.39, 0.29) is 6.10 Å². The lowest BCUT2D eigenvalue weighted by Gasteiger charge is -2.21. The van der Waals surface area contributed by atoms with Gasteiger partial charge in [0.25, 0.3) is 0 Å². The quantitative estimate of drug-likeness (QED) is 0.828. The van der Waals surface area contributed by atoms with Crippen molar-refractivity contribution >= 4 is 11.6 Å². The summed E-state index contributed by atoms with van der Waals surface area (Å²) < 4.78 is 0. The smallest absolute Gasteiger partial charge is 0.137 e. The Kier molecular flexibility index (Phi) is 4.36. The highest BCUT2D eigenvalue weighted by molar-refractivity contribution is 5.59. The van der Waals surface area contributed by atoms with Gasteiger partial charge in [-0.05, 0) is 19.8 Å². The van der Waals surface area contributed by atoms with Gasteiger partial charge >= 0.3 is 0 Å². The highest BCUT2D eigenvalue weighted by atomic mass is 16.3. The second-order valence-corrected chi connectivity index (χ2v) is 4.69. The molecule has 5 heteroatoms. The van der Waals surface area contributed by atoms with Gasteiger partial charge in [-0.3, -0.25) is 0 Å². The van der Waals surface area contributed by atoms with Gasteiger partial charge in [-0.25, -0.2) is 9.97 Å². The van der Waals surface area contributed by atoms with E-state index in [9.17, 15) is 5.11 Å². The minimum absolute atomic E-state index is 0.225. The molecule has 0 amide bonds. The molecule has 1 unspecified atom stereocenters. The number of β-amino-alcohol motifs (C(OH)–C–C–N with tert-alkyl or cyclic N) is 1. The van der Waals surface area contributed by atoms with Gasteiger partial charge in [-0.2, -0.15) is 0 Å². The van der Waals surface area contributed by atoms with E-state index >= 15 is 0 Å². The van der Waals surface area contributed by atoms with Crippen LogP contribution in [0, 0.1) is 0 Å². The molecule has 18 heavy (non-hydrogen) atoms. The number of nitrogens with one attached hydrogen (secondary N) is 1. The average Bonchev–Trinajstić information content (AvgIpc) is 2.78. The Labute approximate surface area is 108 Å². The Bertz CT molecular complexity index is 397. The van der Waals surface area contributed by atoms with Crippen molar-refractivity contribution in [2.75, 3.05) is 29.9 Å². The number of hydrogen-bond donors (Lipinski definition) is 2. The lowest BCUT2D eigenvalue weighted by molar-refractivity contribution is 0.198. The number of nitrogens with zero attached hydrogens (tertiary/aromatic N) is 3. The van der Waals surface area contributed by atoms with Crippen LogP contribution in [-0.4, -0.2) is 40.8 Å². The topological polar surface area (TPSA) is 61.3 Å². The zero-order valence-corrected chi connectivity index (χ0v) is 11.2. The van der Waals surface area contributed by atoms with Gasteiger partial charge in [0.05, 0.1) is 6.10 Å². The number of anilines is 2. The van der Waals surface area contributed by atoms with Crippen LogP contribution in [-0.2, 0) is 6.42 Å². The van der Waals surface area contributed by atoms with Gasteiger partial charge in [0.1, 0.15) is 18.0 Å². The third-order valence-corrected chi connectivity index (χ3v) is 3.23. The van der Waals surface area contributed by atoms with Crippen LogP contribution in [0.15, 0.2) is 6.33 Å². The van der Waals surface area contributed by atoms with Crippen LogP contribution in [0.3, 0.4) is 0 Å². The highest BCUT2D eigenvalue weighted by Gasteiger charge is 2.24. The molecule has 0 aromatic carbocycles. The van der Waals surface area contributed by atoms with Crippen LogP contribution in [0.1, 0.15) is 32.3 Å². The highest BCUT2D eigenvalue weighted by Crippen LogP contribution is 2.27. The molecular formula is C13H22N4O. The summed E-state index contributed by atoms with van der Waals surface area (Å²) in [7, 11) is 0. The Morgan fingerprint density at radius 3 is 2.89 bits per heavy atom. The number of rotatable bonds is 5. The predicted molar refractivity (Wildman–Crippen MR) is 73.0 cm³/mol. The lowest BCUT2D eigenvalue weighted by Crippen LogP contribution is -2.24. The van der Waals surface area contributed by atoms with E-state index in [1.165, 1.54) is 5.56 Å². The summed E-state index contributed by atoms with van der Waals surface area (Å²) in [4.78, 5) is 10.9. The summed E-state index contributed by atoms with van der Waals surface area (Å²) in [6.07, 6.45) is 4.24. The zero-order chi connectivity index (χ0) is 13.0. The first-order valence-electron chi connectivity index (χ1n) is 6.77. The minimum Gasteiger partial charge on any atom is -0.391 e. The molecule has 1 saturated heterocycles. The van der Waals surface area contributed by atoms with E-state index in [4.69, 9.17) is 0 Å². The number of aromatic nitrogens is 2. The predicted octanol–water partition coefficient (Wildman–Crippen LogP) is 1.43. The second-order valence-electron chi connectivity index (χ2n) is 4.69. The molecule has 1 atom stereocenters. The largest absolute Gasteiger partial charge is 0.391 e. The van der Waals surface area contributed by atoms with Gasteiger partial charge in [0, 0.05) is 25.2 Å². The first kappa shape index (κ1) is 13.1. The molecule has 0 spiro atoms. The Hall–Kier alpha value is -1.36. The second kappa shape index (κ2) is 6.00. The van der Waals surface area contributed by atoms with Crippen molar-refractivity contribution in [2.45, 2.75) is 39.2 Å². The normalized spacial score (nSPS) is 19.3. The van der Waals surface area contributed by atoms with Crippen LogP contribution in [0.4, 0.5) is 11.6 Å². The van der Waals surface area contributed by atoms with Crippen LogP contribution in [0.25, 0.3) is 0 Å². The molecule has 0 aliphatic carbocycles. The molecular weight excluding hydrogens is 228 g/mol. The standard InChI is InChI=1S/C13H22N4O/c1-3-5-11-12(14-4-2)15-9-16-13(11)17-7-6-10(18)8-17/h9-10,18H,3-8H2,1-2H3,(H,14,15,16). The zero-order valence-electron chi connectivity index (χ0n) is 11.2. The van der Waals surface area contributed by atoms with Gasteiger partial charge < -0.3 is 15.3 Å². The van der Waals surface area contributed by atoms with Crippen molar-refractivity contribution in [2.24, 2.45) is 0 Å². The van der Waals surface area contributed by atoms with Crippen molar-refractivity contribution in [1.29, 1.82) is 0 Å². The summed E-state index contributed by atoms with van der Waals surface area (Å²) >= 11 is 0. The van der Waals surface area contributed by atoms with E-state index in [1.807, 2.05) is 0 Å². The fourth-order valence-corrected chi connectivity index (χ4v) is 2.41. The molecule has 0 bridgehead atoms. The fourth-order valence-electron chi connectivity index (χ4n) is 2.41. The monoisotopic (exact) mass is 250 g/mol. The molecule has 0 saturated carbocycles. The van der Waals surface area contributed by atoms with Gasteiger partial charge in [0.2, 0.25) is 0 Å². The van der Waals surface area contributed by atoms with E-state index in [1.54, 1.807) is 6.33 Å². The van der Waals surface area contributed by atoms with Crippen molar-refractivity contribution < 1.29 is 5.11 Å². The maximum Gasteiger partial charge on any atom is 0.137 e. The molecule has 1 aromatic rings. The Morgan fingerprint density at radius 2 is 2.28 bits per heavy atom. The molecule has 2 rings (SSSR count). The molecule has 100 valence electrons. The van der Waals surface area contributed by atoms with Crippen molar-refractivity contribution in [3.05, 3.63) is 11.9 Å². The van der Waals surface area contributed by atoms with Crippen LogP contribution in [0.5, 0.6) is 0 Å². The van der Waals surface area contributed by atoms with E-state index in [2.05, 4.69) is 34.0 Å². The number of aliphatic hydroxyl groups is 1. The molecule has 0 radical (unpaired) electrons. The fraction of sp³-hybridized carbons (Fsp3) is 0.692. The SMILES string of the molecule is CCCc1c(NCC)ncnc1N1CCC(O)C1. The molecule has 2 N–H and O–H groups in total. The van der Waals surface area contributed by atoms with Crippen molar-refractivity contribution in [3.8, 4) is 0 Å². The maximum absolute atomic E-state index is 9.65. The maximum atomic E-state index is 9.65. The van der Waals surface area contributed by atoms with Crippen LogP contribution >= 0.6 is 0 Å². The summed E-state index contributed by atoms with van der Waals surface area (Å²) in [5, 5.41) is 12.9. The van der Waals surface area contributed by atoms with E-state index in [0.29, 0.717) is 6.54 Å². The Morgan fingerprint density at radius 1 is 1.44 bits per heavy atom. The van der Waals surface area contributed by atoms with Gasteiger partial charge in [0.15, 0.2) is 0 Å². The molecule has 2 heterocycles. The molecule has 1 aliphatic heterocycles. The summed E-state index contributed by atoms with van der Waals surface area (Å²) in [5.74, 6) is 1.92. The van der Waals surface area contributed by atoms with Crippen molar-refractivity contribution in [3.63, 3.8) is 0 Å². The van der Waals surface area contributed by atoms with Crippen molar-refractivity contribution in [1.82, 2.24) is 9.97 Å². The molecule has 1 aromatic heterocycles. The first-order valence-corrected chi connectivity index (χ1v) is 6.77. The molecule has 1 fully saturated rings. The third kappa shape index (κ3) is 2.72. The molecule has 5 nitrogen and oxygen atoms in total. The van der Waals surface area contributed by atoms with Gasteiger partial charge in [-0.15, -0.1) is 0 Å². The third-order valence-electron chi connectivity index (χ3n) is 3.23. The summed E-state index contributed by atoms with van der Waals surface area (Å²) in [6.45, 7) is 6.64. The lowest BCUT2D eigenvalue weighted by atomic mass is 10.1. The van der Waals surface area contributed by atoms with Crippen LogP contribution in [0.2, 0.25) is 0 Å². The summed E-state index contributed by atoms with van der Waals surface area (Å²) in [5.41, 5.74) is 1.18. The van der Waals surface area contributed by atoms with E-state index in [0.717, 1.165) is 44.0 Å². The van der Waals surface area contributed by atoms with Gasteiger partial charge in [-0.1, -0.05) is 13.3 Å². The first-order chi connectivity index (χ1) is 8.76. The van der Waals surface area contributed by atoms with Crippen LogP contribution < -0.4 is 10.2 Å². The number of aliphatic hydroxyl groups excluding tert-OH is 1. The number of hydrogen-bond acceptors (Lipinski definition) is 5. The van der Waals surface area contributed by atoms with E-state index < -0.39 is 0 Å². The Balaban J connectivity index is 2.30. The molecule has 1 aliphatic rings. The average molecular weight is 250 g/mol. The summed E-state index contributed by atoms with van der Waals surface area (Å²) in [6, 6.07) is 0.